The molecule has 1 aromatic heterocycles. The molecule has 158 valence electrons. The van der Waals surface area contributed by atoms with Crippen molar-refractivity contribution < 1.29 is 9.59 Å². The Morgan fingerprint density at radius 3 is 2.61 bits per heavy atom. The molecule has 2 aromatic carbocycles. The highest BCUT2D eigenvalue weighted by Crippen LogP contribution is 2.32. The number of rotatable bonds is 5. The van der Waals surface area contributed by atoms with Gasteiger partial charge in [-0.3, -0.25) is 9.69 Å². The summed E-state index contributed by atoms with van der Waals surface area (Å²) in [6, 6.07) is 20.8. The summed E-state index contributed by atoms with van der Waals surface area (Å²) in [7, 11) is 0. The maximum atomic E-state index is 12.8. The Kier molecular flexibility index (Phi) is 6.52. The minimum atomic E-state index is -0.184. The molecule has 3 amide bonds. The molecule has 0 aliphatic carbocycles. The van der Waals surface area contributed by atoms with Crippen molar-refractivity contribution in [3.63, 3.8) is 0 Å². The lowest BCUT2D eigenvalue weighted by Crippen LogP contribution is -2.38. The largest absolute Gasteiger partial charge is 0.349 e. The van der Waals surface area contributed by atoms with E-state index in [0.29, 0.717) is 12.2 Å². The molecule has 0 saturated carbocycles. The summed E-state index contributed by atoms with van der Waals surface area (Å²) in [5.41, 5.74) is 3.48. The summed E-state index contributed by atoms with van der Waals surface area (Å²) < 4.78 is 0. The zero-order chi connectivity index (χ0) is 21.6. The zero-order valence-corrected chi connectivity index (χ0v) is 18.1. The van der Waals surface area contributed by atoms with Gasteiger partial charge in [-0.25, -0.2) is 9.78 Å². The number of carbonyl (C=O) groups excluding carboxylic acids is 2. The van der Waals surface area contributed by atoms with Crippen LogP contribution < -0.4 is 15.5 Å². The monoisotopic (exact) mass is 432 g/mol. The Morgan fingerprint density at radius 2 is 1.84 bits per heavy atom. The quantitative estimate of drug-likeness (QED) is 0.616. The van der Waals surface area contributed by atoms with Crippen molar-refractivity contribution in [3.8, 4) is 0 Å². The summed E-state index contributed by atoms with van der Waals surface area (Å²) in [6.07, 6.45) is 2.02. The lowest BCUT2D eigenvalue weighted by atomic mass is 10.1. The third kappa shape index (κ3) is 5.24. The average molecular weight is 433 g/mol. The molecule has 4 rings (SSSR count). The van der Waals surface area contributed by atoms with E-state index in [-0.39, 0.29) is 24.4 Å². The van der Waals surface area contributed by atoms with E-state index < -0.39 is 0 Å². The molecule has 1 aliphatic heterocycles. The third-order valence-corrected chi connectivity index (χ3v) is 6.06. The van der Waals surface area contributed by atoms with Crippen LogP contribution >= 0.6 is 11.8 Å². The number of hydrogen-bond donors (Lipinski definition) is 2. The number of nitrogens with one attached hydrogen (secondary N) is 2. The summed E-state index contributed by atoms with van der Waals surface area (Å²) in [5, 5.41) is 6.83. The second-order valence-corrected chi connectivity index (χ2v) is 8.42. The number of benzene rings is 2. The number of amides is 3. The standard InChI is InChI=1S/C24H24N4O2S/c1-17(19-6-3-2-4-7-19)26-22(29)16-18-9-11-20(12-10-18)27-24(30)28-14-15-31-23-21(28)8-5-13-25-23/h2-13,17H,14-16H2,1H3,(H,26,29)(H,27,30). The molecular weight excluding hydrogens is 408 g/mol. The summed E-state index contributed by atoms with van der Waals surface area (Å²) in [4.78, 5) is 31.2. The SMILES string of the molecule is CC(NC(=O)Cc1ccc(NC(=O)N2CCSc3ncccc32)cc1)c1ccccc1. The summed E-state index contributed by atoms with van der Waals surface area (Å²) >= 11 is 1.66. The molecule has 1 unspecified atom stereocenters. The van der Waals surface area contributed by atoms with E-state index in [0.717, 1.165) is 27.6 Å². The second kappa shape index (κ2) is 9.66. The topological polar surface area (TPSA) is 74.3 Å². The Morgan fingerprint density at radius 1 is 1.06 bits per heavy atom. The molecule has 0 spiro atoms. The number of nitrogens with zero attached hydrogens (tertiary/aromatic N) is 2. The van der Waals surface area contributed by atoms with Crippen molar-refractivity contribution >= 4 is 35.1 Å². The fourth-order valence-corrected chi connectivity index (χ4v) is 4.39. The lowest BCUT2D eigenvalue weighted by Gasteiger charge is -2.28. The van der Waals surface area contributed by atoms with Crippen molar-refractivity contribution in [2.24, 2.45) is 0 Å². The fraction of sp³-hybridized carbons (Fsp3) is 0.208. The van der Waals surface area contributed by atoms with Gasteiger partial charge in [0.2, 0.25) is 5.91 Å². The minimum Gasteiger partial charge on any atom is -0.349 e. The molecule has 6 nitrogen and oxygen atoms in total. The van der Waals surface area contributed by atoms with Crippen LogP contribution in [0, 0.1) is 0 Å². The van der Waals surface area contributed by atoms with Gasteiger partial charge < -0.3 is 10.6 Å². The molecule has 2 heterocycles. The first-order valence-corrected chi connectivity index (χ1v) is 11.2. The number of thioether (sulfide) groups is 1. The Labute approximate surface area is 186 Å². The van der Waals surface area contributed by atoms with Crippen molar-refractivity contribution in [1.82, 2.24) is 10.3 Å². The number of anilines is 2. The van der Waals surface area contributed by atoms with Gasteiger partial charge in [-0.15, -0.1) is 11.8 Å². The maximum Gasteiger partial charge on any atom is 0.326 e. The second-order valence-electron chi connectivity index (χ2n) is 7.33. The van der Waals surface area contributed by atoms with Crippen LogP contribution in [0.5, 0.6) is 0 Å². The van der Waals surface area contributed by atoms with E-state index in [1.54, 1.807) is 22.9 Å². The van der Waals surface area contributed by atoms with Crippen molar-refractivity contribution in [3.05, 3.63) is 84.1 Å². The van der Waals surface area contributed by atoms with Gasteiger partial charge in [-0.05, 0) is 42.3 Å². The highest BCUT2D eigenvalue weighted by molar-refractivity contribution is 7.99. The Bertz CT molecular complexity index is 1060. The van der Waals surface area contributed by atoms with Crippen LogP contribution in [0.15, 0.2) is 78.0 Å². The van der Waals surface area contributed by atoms with Gasteiger partial charge in [0.1, 0.15) is 5.03 Å². The van der Waals surface area contributed by atoms with E-state index >= 15 is 0 Å². The van der Waals surface area contributed by atoms with Gasteiger partial charge >= 0.3 is 6.03 Å². The van der Waals surface area contributed by atoms with Crippen molar-refractivity contribution in [2.75, 3.05) is 22.5 Å². The predicted octanol–water partition coefficient (Wildman–Crippen LogP) is 4.65. The summed E-state index contributed by atoms with van der Waals surface area (Å²) in [6.45, 7) is 2.60. The van der Waals surface area contributed by atoms with Crippen LogP contribution in [-0.2, 0) is 11.2 Å². The van der Waals surface area contributed by atoms with Crippen LogP contribution in [0.2, 0.25) is 0 Å². The van der Waals surface area contributed by atoms with Gasteiger partial charge in [0.25, 0.3) is 0 Å². The third-order valence-electron chi connectivity index (χ3n) is 5.09. The molecule has 1 aliphatic rings. The number of hydrogen-bond acceptors (Lipinski definition) is 4. The molecular formula is C24H24N4O2S. The number of pyridine rings is 1. The first-order valence-electron chi connectivity index (χ1n) is 10.2. The van der Waals surface area contributed by atoms with Crippen molar-refractivity contribution in [1.29, 1.82) is 0 Å². The highest BCUT2D eigenvalue weighted by atomic mass is 32.2. The van der Waals surface area contributed by atoms with Crippen LogP contribution in [0.1, 0.15) is 24.1 Å². The fourth-order valence-electron chi connectivity index (χ4n) is 3.46. The van der Waals surface area contributed by atoms with E-state index in [4.69, 9.17) is 0 Å². The molecule has 0 bridgehead atoms. The molecule has 0 radical (unpaired) electrons. The molecule has 7 heteroatoms. The molecule has 0 fully saturated rings. The highest BCUT2D eigenvalue weighted by Gasteiger charge is 2.23. The van der Waals surface area contributed by atoms with Gasteiger partial charge in [0.15, 0.2) is 0 Å². The van der Waals surface area contributed by atoms with Crippen molar-refractivity contribution in [2.45, 2.75) is 24.4 Å². The number of fused-ring (bicyclic) bond motifs is 1. The molecule has 0 saturated heterocycles. The van der Waals surface area contributed by atoms with Gasteiger partial charge in [0.05, 0.1) is 18.2 Å². The normalized spacial score (nSPS) is 13.8. The zero-order valence-electron chi connectivity index (χ0n) is 17.2. The number of carbonyl (C=O) groups is 2. The Hall–Kier alpha value is -3.32. The van der Waals surface area contributed by atoms with Crippen LogP contribution in [0.25, 0.3) is 0 Å². The van der Waals surface area contributed by atoms with E-state index in [1.807, 2.05) is 73.7 Å². The molecule has 2 N–H and O–H groups in total. The van der Waals surface area contributed by atoms with Gasteiger partial charge in [-0.1, -0.05) is 42.5 Å². The first kappa shape index (κ1) is 20.9. The molecule has 31 heavy (non-hydrogen) atoms. The average Bonchev–Trinajstić information content (AvgIpc) is 2.80. The van der Waals surface area contributed by atoms with Crippen LogP contribution in [0.3, 0.4) is 0 Å². The van der Waals surface area contributed by atoms with Crippen LogP contribution in [-0.4, -0.2) is 29.2 Å². The predicted molar refractivity (Wildman–Crippen MR) is 124 cm³/mol. The first-order chi connectivity index (χ1) is 15.1. The number of urea groups is 1. The smallest absolute Gasteiger partial charge is 0.326 e. The Balaban J connectivity index is 1.33. The number of aromatic nitrogens is 1. The molecule has 3 aromatic rings. The van der Waals surface area contributed by atoms with Gasteiger partial charge in [-0.2, -0.15) is 0 Å². The van der Waals surface area contributed by atoms with Crippen LogP contribution in [0.4, 0.5) is 16.2 Å². The van der Waals surface area contributed by atoms with E-state index in [1.165, 1.54) is 0 Å². The lowest BCUT2D eigenvalue weighted by molar-refractivity contribution is -0.121. The van der Waals surface area contributed by atoms with Gasteiger partial charge in [0, 0.05) is 24.2 Å². The van der Waals surface area contributed by atoms with E-state index in [2.05, 4.69) is 15.6 Å². The summed E-state index contributed by atoms with van der Waals surface area (Å²) in [5.74, 6) is 0.774. The maximum absolute atomic E-state index is 12.8. The van der Waals surface area contributed by atoms with E-state index in [9.17, 15) is 9.59 Å². The minimum absolute atomic E-state index is 0.0388. The molecule has 1 atom stereocenters.